The van der Waals surface area contributed by atoms with E-state index in [2.05, 4.69) is 20.7 Å². The lowest BCUT2D eigenvalue weighted by Gasteiger charge is -2.35. The van der Waals surface area contributed by atoms with Gasteiger partial charge in [0.1, 0.15) is 11.3 Å². The lowest BCUT2D eigenvalue weighted by molar-refractivity contribution is 0.00718. The highest BCUT2D eigenvalue weighted by molar-refractivity contribution is 5.96. The third kappa shape index (κ3) is 6.05. The molecule has 2 atom stereocenters. The summed E-state index contributed by atoms with van der Waals surface area (Å²) in [4.78, 5) is 45.4. The van der Waals surface area contributed by atoms with Gasteiger partial charge in [-0.15, -0.1) is 5.10 Å². The maximum absolute atomic E-state index is 13.4. The zero-order valence-corrected chi connectivity index (χ0v) is 24.0. The van der Waals surface area contributed by atoms with Crippen molar-refractivity contribution in [1.82, 2.24) is 24.5 Å². The minimum Gasteiger partial charge on any atom is -0.443 e. The fourth-order valence-electron chi connectivity index (χ4n) is 5.00. The van der Waals surface area contributed by atoms with Crippen molar-refractivity contribution < 1.29 is 23.8 Å². The number of hydrogen-bond acceptors (Lipinski definition) is 9. The highest BCUT2D eigenvalue weighted by Crippen LogP contribution is 2.28. The zero-order valence-electron chi connectivity index (χ0n) is 24.0. The molecule has 0 bridgehead atoms. The number of fused-ring (bicyclic) bond motifs is 1. The quantitative estimate of drug-likeness (QED) is 0.440. The fourth-order valence-corrected chi connectivity index (χ4v) is 5.00. The molecule has 2 N–H and O–H groups in total. The third-order valence-electron chi connectivity index (χ3n) is 7.36. The molecule has 4 heterocycles. The van der Waals surface area contributed by atoms with E-state index in [9.17, 15) is 14.4 Å². The van der Waals surface area contributed by atoms with E-state index in [4.69, 9.17) is 14.2 Å². The maximum Gasteiger partial charge on any atom is 0.414 e. The molecular weight excluding hydrogens is 530 g/mol. The molecule has 2 unspecified atom stereocenters. The van der Waals surface area contributed by atoms with E-state index in [1.807, 2.05) is 0 Å². The number of methoxy groups -OCH3 is 1. The Labute approximate surface area is 237 Å². The largest absolute Gasteiger partial charge is 0.443 e. The van der Waals surface area contributed by atoms with E-state index < -0.39 is 11.7 Å². The predicted molar refractivity (Wildman–Crippen MR) is 152 cm³/mol. The van der Waals surface area contributed by atoms with Crippen molar-refractivity contribution in [2.75, 3.05) is 37.6 Å². The van der Waals surface area contributed by atoms with Gasteiger partial charge in [-0.2, -0.15) is 0 Å². The van der Waals surface area contributed by atoms with Crippen LogP contribution in [0.1, 0.15) is 63.0 Å². The second-order valence-electron chi connectivity index (χ2n) is 11.4. The lowest BCUT2D eigenvalue weighted by Crippen LogP contribution is -2.51. The van der Waals surface area contributed by atoms with Crippen LogP contribution in [-0.4, -0.2) is 76.3 Å². The number of aromatic nitrogens is 4. The van der Waals surface area contributed by atoms with Crippen LogP contribution in [0, 0.1) is 0 Å². The Morgan fingerprint density at radius 3 is 2.59 bits per heavy atom. The van der Waals surface area contributed by atoms with E-state index in [0.717, 1.165) is 25.7 Å². The van der Waals surface area contributed by atoms with Crippen LogP contribution in [0.4, 0.5) is 22.0 Å². The van der Waals surface area contributed by atoms with Crippen LogP contribution < -0.4 is 21.1 Å². The van der Waals surface area contributed by atoms with E-state index in [1.165, 1.54) is 15.6 Å². The van der Waals surface area contributed by atoms with Gasteiger partial charge in [-0.3, -0.25) is 14.5 Å². The summed E-state index contributed by atoms with van der Waals surface area (Å²) in [7, 11) is 3.18. The van der Waals surface area contributed by atoms with Crippen LogP contribution in [0.2, 0.25) is 0 Å². The molecule has 1 saturated carbocycles. The van der Waals surface area contributed by atoms with Crippen molar-refractivity contribution in [2.45, 2.75) is 70.2 Å². The Morgan fingerprint density at radius 2 is 1.93 bits per heavy atom. The number of pyridine rings is 1. The van der Waals surface area contributed by atoms with Crippen LogP contribution >= 0.6 is 0 Å². The van der Waals surface area contributed by atoms with Gasteiger partial charge in [0, 0.05) is 45.7 Å². The molecule has 3 aromatic rings. The van der Waals surface area contributed by atoms with Crippen molar-refractivity contribution in [2.24, 2.45) is 0 Å². The van der Waals surface area contributed by atoms with Crippen molar-refractivity contribution >= 4 is 34.8 Å². The molecule has 2 aliphatic rings. The van der Waals surface area contributed by atoms with E-state index in [0.29, 0.717) is 24.6 Å². The Hall–Kier alpha value is -3.97. The number of carbonyl (C=O) groups is 2. The van der Waals surface area contributed by atoms with Crippen LogP contribution in [0.5, 0.6) is 0 Å². The first-order valence-electron chi connectivity index (χ1n) is 13.8. The average Bonchev–Trinajstić information content (AvgIpc) is 3.35. The van der Waals surface area contributed by atoms with Crippen LogP contribution in [0.15, 0.2) is 35.4 Å². The van der Waals surface area contributed by atoms with Gasteiger partial charge >= 0.3 is 6.09 Å². The summed E-state index contributed by atoms with van der Waals surface area (Å²) < 4.78 is 19.5. The Morgan fingerprint density at radius 1 is 1.17 bits per heavy atom. The standard InChI is InChI=1S/C28H37N7O6/c1-28(2,3)41-27(38)33(4)20-15-23(30-19-7-6-12-34(26(19)37)17-10-13-40-14-11-17)32-35-21(16-29-24(20)35)25(36)31-18-8-9-22(18)39-5/h6-7,12,15-18,22H,8-11,13-14H2,1-5H3,(H,30,32)(H,31,36). The normalized spacial score (nSPS) is 19.4. The molecule has 2 fully saturated rings. The van der Waals surface area contributed by atoms with Gasteiger partial charge in [0.2, 0.25) is 0 Å². The summed E-state index contributed by atoms with van der Waals surface area (Å²) in [6, 6.07) is 4.99. The number of carbonyl (C=O) groups excluding carboxylic acids is 2. The molecule has 0 spiro atoms. The van der Waals surface area contributed by atoms with Gasteiger partial charge in [0.15, 0.2) is 17.2 Å². The van der Waals surface area contributed by atoms with Crippen LogP contribution in [0.3, 0.4) is 0 Å². The van der Waals surface area contributed by atoms with Gasteiger partial charge in [-0.25, -0.2) is 14.3 Å². The molecular formula is C28H37N7O6. The van der Waals surface area contributed by atoms with Gasteiger partial charge in [-0.05, 0) is 58.6 Å². The summed E-state index contributed by atoms with van der Waals surface area (Å²) in [6.45, 7) is 6.53. The average molecular weight is 568 g/mol. The number of anilines is 3. The summed E-state index contributed by atoms with van der Waals surface area (Å²) in [5.74, 6) is -0.128. The molecule has 1 aliphatic carbocycles. The smallest absolute Gasteiger partial charge is 0.414 e. The Bertz CT molecular complexity index is 1490. The number of imidazole rings is 1. The second-order valence-corrected chi connectivity index (χ2v) is 11.4. The molecule has 1 aliphatic heterocycles. The molecule has 13 heteroatoms. The highest BCUT2D eigenvalue weighted by Gasteiger charge is 2.33. The molecule has 5 rings (SSSR count). The molecule has 220 valence electrons. The topological polar surface area (TPSA) is 141 Å². The third-order valence-corrected chi connectivity index (χ3v) is 7.36. The molecule has 0 radical (unpaired) electrons. The summed E-state index contributed by atoms with van der Waals surface area (Å²) in [5.41, 5.74) is 0.170. The number of nitrogens with one attached hydrogen (secondary N) is 2. The van der Waals surface area contributed by atoms with Gasteiger partial charge in [-0.1, -0.05) is 0 Å². The van der Waals surface area contributed by atoms with Gasteiger partial charge in [0.25, 0.3) is 11.5 Å². The number of amides is 2. The fraction of sp³-hybridized carbons (Fsp3) is 0.536. The van der Waals surface area contributed by atoms with Crippen molar-refractivity contribution in [1.29, 1.82) is 0 Å². The van der Waals surface area contributed by atoms with Crippen molar-refractivity contribution in [3.8, 4) is 0 Å². The lowest BCUT2D eigenvalue weighted by atomic mass is 9.89. The Kier molecular flexibility index (Phi) is 8.00. The first-order chi connectivity index (χ1) is 19.6. The van der Waals surface area contributed by atoms with E-state index in [1.54, 1.807) is 63.9 Å². The van der Waals surface area contributed by atoms with Gasteiger partial charge < -0.3 is 29.4 Å². The molecule has 13 nitrogen and oxygen atoms in total. The second kappa shape index (κ2) is 11.5. The Balaban J connectivity index is 1.53. The zero-order chi connectivity index (χ0) is 29.3. The number of ether oxygens (including phenoxy) is 3. The SMILES string of the molecule is COC1CCC1NC(=O)c1cnc2c(N(C)C(=O)OC(C)(C)C)cc(Nc3cccn(C4CCOCC4)c3=O)nn12. The first-order valence-corrected chi connectivity index (χ1v) is 13.8. The molecule has 3 aromatic heterocycles. The summed E-state index contributed by atoms with van der Waals surface area (Å²) >= 11 is 0. The van der Waals surface area contributed by atoms with Crippen molar-refractivity contribution in [3.63, 3.8) is 0 Å². The monoisotopic (exact) mass is 567 g/mol. The van der Waals surface area contributed by atoms with Crippen LogP contribution in [-0.2, 0) is 14.2 Å². The summed E-state index contributed by atoms with van der Waals surface area (Å²) in [6.07, 6.45) is 5.70. The predicted octanol–water partition coefficient (Wildman–Crippen LogP) is 3.26. The van der Waals surface area contributed by atoms with E-state index in [-0.39, 0.29) is 46.8 Å². The van der Waals surface area contributed by atoms with E-state index >= 15 is 0 Å². The number of nitrogens with zero attached hydrogens (tertiary/aromatic N) is 5. The number of hydrogen-bond donors (Lipinski definition) is 2. The highest BCUT2D eigenvalue weighted by atomic mass is 16.6. The molecule has 1 saturated heterocycles. The van der Waals surface area contributed by atoms with Crippen molar-refractivity contribution in [3.05, 3.63) is 46.6 Å². The first kappa shape index (κ1) is 28.6. The maximum atomic E-state index is 13.4. The minimum absolute atomic E-state index is 0.0358. The van der Waals surface area contributed by atoms with Crippen LogP contribution in [0.25, 0.3) is 5.65 Å². The minimum atomic E-state index is -0.726. The number of rotatable bonds is 7. The molecule has 41 heavy (non-hydrogen) atoms. The summed E-state index contributed by atoms with van der Waals surface area (Å²) in [5, 5.41) is 10.7. The molecule has 2 amide bonds. The molecule has 0 aromatic carbocycles. The van der Waals surface area contributed by atoms with Gasteiger partial charge in [0.05, 0.1) is 24.0 Å².